The van der Waals surface area contributed by atoms with E-state index in [0.29, 0.717) is 5.56 Å². The summed E-state index contributed by atoms with van der Waals surface area (Å²) in [6.07, 6.45) is 4.49. The van der Waals surface area contributed by atoms with Gasteiger partial charge in [-0.3, -0.25) is 0 Å². The van der Waals surface area contributed by atoms with E-state index >= 15 is 0 Å². The molecule has 0 saturated heterocycles. The molecule has 0 fully saturated rings. The van der Waals surface area contributed by atoms with Crippen molar-refractivity contribution in [2.75, 3.05) is 0 Å². The maximum atomic E-state index is 10.6. The molecule has 68 valence electrons. The molecule has 1 aromatic rings. The predicted octanol–water partition coefficient (Wildman–Crippen LogP) is 0.929. The Balaban J connectivity index is 2.40. The molecule has 0 amide bonds. The smallest absolute Gasteiger partial charge is 0.0715 e. The molecule has 0 bridgehead atoms. The average molecular weight is 175 g/mol. The Hall–Kier alpha value is -1.31. The number of carbonyl (C=O) groups is 1. The van der Waals surface area contributed by atoms with Crippen LogP contribution in [0.5, 0.6) is 0 Å². The first-order chi connectivity index (χ1) is 6.27. The average Bonchev–Trinajstić information content (AvgIpc) is 2.17. The van der Waals surface area contributed by atoms with Gasteiger partial charge in [0.25, 0.3) is 0 Å². The van der Waals surface area contributed by atoms with Crippen molar-refractivity contribution in [3.05, 3.63) is 34.9 Å². The van der Waals surface area contributed by atoms with Crippen LogP contribution in [0.1, 0.15) is 34.3 Å². The van der Waals surface area contributed by atoms with Gasteiger partial charge in [-0.2, -0.15) is 0 Å². The van der Waals surface area contributed by atoms with Crippen molar-refractivity contribution in [1.29, 1.82) is 0 Å². The molecule has 1 aliphatic carbocycles. The third-order valence-corrected chi connectivity index (χ3v) is 2.58. The van der Waals surface area contributed by atoms with Crippen molar-refractivity contribution in [1.82, 2.24) is 0 Å². The zero-order valence-corrected chi connectivity index (χ0v) is 7.38. The molecule has 2 heteroatoms. The van der Waals surface area contributed by atoms with Gasteiger partial charge in [0.15, 0.2) is 0 Å². The van der Waals surface area contributed by atoms with E-state index in [0.717, 1.165) is 12.8 Å². The van der Waals surface area contributed by atoms with Crippen LogP contribution < -0.4 is 5.11 Å². The molecule has 0 radical (unpaired) electrons. The molecule has 0 spiro atoms. The molecule has 2 nitrogen and oxygen atoms in total. The zero-order valence-electron chi connectivity index (χ0n) is 7.38. The van der Waals surface area contributed by atoms with Gasteiger partial charge in [-0.25, -0.2) is 0 Å². The van der Waals surface area contributed by atoms with E-state index in [1.54, 1.807) is 12.1 Å². The SMILES string of the molecule is O=C([O-])c1ccc2c(c1)CCCC2. The standard InChI is InChI=1S/C11H12O2/c12-11(13)10-6-5-8-3-1-2-4-9(8)7-10/h5-7H,1-4H2,(H,12,13)/p-1. The number of carbonyl (C=O) groups excluding carboxylic acids is 1. The van der Waals surface area contributed by atoms with E-state index < -0.39 is 5.97 Å². The lowest BCUT2D eigenvalue weighted by Crippen LogP contribution is -2.22. The molecule has 1 aliphatic rings. The minimum Gasteiger partial charge on any atom is -0.545 e. The third kappa shape index (κ3) is 1.57. The molecular formula is C11H11O2-. The molecule has 0 aromatic heterocycles. The summed E-state index contributed by atoms with van der Waals surface area (Å²) in [5.74, 6) is -1.08. The van der Waals surface area contributed by atoms with E-state index in [1.807, 2.05) is 6.07 Å². The molecule has 0 N–H and O–H groups in total. The van der Waals surface area contributed by atoms with Crippen molar-refractivity contribution < 1.29 is 9.90 Å². The number of aromatic carboxylic acids is 1. The molecular weight excluding hydrogens is 164 g/mol. The molecule has 2 rings (SSSR count). The van der Waals surface area contributed by atoms with Gasteiger partial charge in [0, 0.05) is 0 Å². The summed E-state index contributed by atoms with van der Waals surface area (Å²) >= 11 is 0. The Labute approximate surface area is 77.2 Å². The number of hydrogen-bond donors (Lipinski definition) is 0. The van der Waals surface area contributed by atoms with Crippen LogP contribution in [0, 0.1) is 0 Å². The van der Waals surface area contributed by atoms with Crippen LogP contribution in [-0.4, -0.2) is 5.97 Å². The first-order valence-electron chi connectivity index (χ1n) is 4.60. The molecule has 0 aliphatic heterocycles. The highest BCUT2D eigenvalue weighted by Crippen LogP contribution is 2.21. The largest absolute Gasteiger partial charge is 0.545 e. The van der Waals surface area contributed by atoms with Gasteiger partial charge in [-0.05, 0) is 48.4 Å². The van der Waals surface area contributed by atoms with Gasteiger partial charge in [-0.1, -0.05) is 12.1 Å². The highest BCUT2D eigenvalue weighted by molar-refractivity contribution is 5.86. The minimum atomic E-state index is -1.08. The van der Waals surface area contributed by atoms with Gasteiger partial charge in [0.05, 0.1) is 5.97 Å². The van der Waals surface area contributed by atoms with Crippen LogP contribution in [-0.2, 0) is 12.8 Å². The van der Waals surface area contributed by atoms with E-state index in [1.165, 1.54) is 24.0 Å². The summed E-state index contributed by atoms with van der Waals surface area (Å²) < 4.78 is 0. The molecule has 13 heavy (non-hydrogen) atoms. The zero-order chi connectivity index (χ0) is 9.26. The third-order valence-electron chi connectivity index (χ3n) is 2.58. The first kappa shape index (κ1) is 8.30. The van der Waals surface area contributed by atoms with Crippen molar-refractivity contribution in [3.63, 3.8) is 0 Å². The second-order valence-corrected chi connectivity index (χ2v) is 3.48. The predicted molar refractivity (Wildman–Crippen MR) is 47.4 cm³/mol. The summed E-state index contributed by atoms with van der Waals surface area (Å²) in [5, 5.41) is 10.6. The Bertz CT molecular complexity index is 342. The van der Waals surface area contributed by atoms with Crippen LogP contribution in [0.3, 0.4) is 0 Å². The number of carboxylic acids is 1. The van der Waals surface area contributed by atoms with Gasteiger partial charge in [0.1, 0.15) is 0 Å². The lowest BCUT2D eigenvalue weighted by molar-refractivity contribution is -0.255. The number of aryl methyl sites for hydroxylation is 2. The molecule has 0 atom stereocenters. The maximum Gasteiger partial charge on any atom is 0.0715 e. The van der Waals surface area contributed by atoms with Gasteiger partial charge < -0.3 is 9.90 Å². The number of carboxylic acid groups (broad SMARTS) is 1. The number of fused-ring (bicyclic) bond motifs is 1. The van der Waals surface area contributed by atoms with Gasteiger partial charge in [0.2, 0.25) is 0 Å². The molecule has 0 saturated carbocycles. The van der Waals surface area contributed by atoms with Crippen LogP contribution in [0.4, 0.5) is 0 Å². The van der Waals surface area contributed by atoms with E-state index in [9.17, 15) is 9.90 Å². The van der Waals surface area contributed by atoms with E-state index in [4.69, 9.17) is 0 Å². The fourth-order valence-electron chi connectivity index (χ4n) is 1.86. The second kappa shape index (κ2) is 3.21. The van der Waals surface area contributed by atoms with Crippen molar-refractivity contribution in [2.24, 2.45) is 0 Å². The van der Waals surface area contributed by atoms with E-state index in [2.05, 4.69) is 0 Å². The number of hydrogen-bond acceptors (Lipinski definition) is 2. The van der Waals surface area contributed by atoms with Gasteiger partial charge in [-0.15, -0.1) is 0 Å². The summed E-state index contributed by atoms with van der Waals surface area (Å²) in [6, 6.07) is 5.31. The lowest BCUT2D eigenvalue weighted by atomic mass is 9.90. The fraction of sp³-hybridized carbons (Fsp3) is 0.364. The number of benzene rings is 1. The highest BCUT2D eigenvalue weighted by atomic mass is 16.4. The van der Waals surface area contributed by atoms with Crippen molar-refractivity contribution in [3.8, 4) is 0 Å². The summed E-state index contributed by atoms with van der Waals surface area (Å²) in [6.45, 7) is 0. The van der Waals surface area contributed by atoms with Crippen LogP contribution in [0.2, 0.25) is 0 Å². The quantitative estimate of drug-likeness (QED) is 0.637. The van der Waals surface area contributed by atoms with Crippen LogP contribution in [0.15, 0.2) is 18.2 Å². The van der Waals surface area contributed by atoms with Crippen LogP contribution >= 0.6 is 0 Å². The Morgan fingerprint density at radius 1 is 1.15 bits per heavy atom. The highest BCUT2D eigenvalue weighted by Gasteiger charge is 2.09. The summed E-state index contributed by atoms with van der Waals surface area (Å²) in [4.78, 5) is 10.6. The topological polar surface area (TPSA) is 40.1 Å². The van der Waals surface area contributed by atoms with Crippen molar-refractivity contribution >= 4 is 5.97 Å². The fourth-order valence-corrected chi connectivity index (χ4v) is 1.86. The molecule has 0 unspecified atom stereocenters. The first-order valence-corrected chi connectivity index (χ1v) is 4.60. The molecule has 0 heterocycles. The summed E-state index contributed by atoms with van der Waals surface area (Å²) in [5.41, 5.74) is 2.80. The van der Waals surface area contributed by atoms with Gasteiger partial charge >= 0.3 is 0 Å². The monoisotopic (exact) mass is 175 g/mol. The molecule has 1 aromatic carbocycles. The second-order valence-electron chi connectivity index (χ2n) is 3.48. The number of rotatable bonds is 1. The maximum absolute atomic E-state index is 10.6. The van der Waals surface area contributed by atoms with Crippen molar-refractivity contribution in [2.45, 2.75) is 25.7 Å². The van der Waals surface area contributed by atoms with Crippen LogP contribution in [0.25, 0.3) is 0 Å². The Kier molecular flexibility index (Phi) is 2.05. The Morgan fingerprint density at radius 3 is 2.54 bits per heavy atom. The normalized spacial score (nSPS) is 15.1. The summed E-state index contributed by atoms with van der Waals surface area (Å²) in [7, 11) is 0. The lowest BCUT2D eigenvalue weighted by Gasteiger charge is -2.16. The minimum absolute atomic E-state index is 0.306. The van der Waals surface area contributed by atoms with E-state index in [-0.39, 0.29) is 0 Å². The Morgan fingerprint density at radius 2 is 1.85 bits per heavy atom.